The van der Waals surface area contributed by atoms with Crippen LogP contribution in [-0.2, 0) is 10.2 Å². The molecule has 214 valence electrons. The van der Waals surface area contributed by atoms with Crippen molar-refractivity contribution in [3.8, 4) is 6.07 Å². The first-order valence-electron chi connectivity index (χ1n) is 12.6. The number of hydrogen-bond acceptors (Lipinski definition) is 4. The number of carboxylic acids is 1. The molecule has 41 heavy (non-hydrogen) atoms. The molecule has 1 amide bonds. The number of nitrogens with one attached hydrogen (secondary N) is 2. The van der Waals surface area contributed by atoms with Crippen LogP contribution in [-0.4, -0.2) is 29.1 Å². The molecule has 1 heterocycles. The van der Waals surface area contributed by atoms with Crippen molar-refractivity contribution in [1.82, 2.24) is 5.32 Å². The van der Waals surface area contributed by atoms with Gasteiger partial charge in [0.2, 0.25) is 5.91 Å². The van der Waals surface area contributed by atoms with Crippen molar-refractivity contribution in [3.63, 3.8) is 0 Å². The molecule has 1 aliphatic rings. The molecule has 4 atom stereocenters. The number of amides is 1. The van der Waals surface area contributed by atoms with Gasteiger partial charge in [-0.3, -0.25) is 4.79 Å². The Morgan fingerprint density at radius 3 is 2.37 bits per heavy atom. The Labute approximate surface area is 251 Å². The topological polar surface area (TPSA) is 102 Å². The van der Waals surface area contributed by atoms with Crippen LogP contribution in [0.5, 0.6) is 0 Å². The standard InChI is InChI=1S/C30H26Cl3F2N3O3/c1-29(2,3)13-23-30(14-36,19-10-7-15(31)11-22(19)34)24(18-5-4-6-20(32)25(18)35)26(38-23)27(39)37-16-8-9-17(28(40)41)21(33)12-16/h4-12,23-24,26,38H,13H2,1-3H3,(H,37,39)(H,40,41)/t23-,24?,26+,30-/m0/s1. The summed E-state index contributed by atoms with van der Waals surface area (Å²) in [7, 11) is 0. The fraction of sp³-hybridized carbons (Fsp3) is 0.300. The number of carbonyl (C=O) groups excluding carboxylic acids is 1. The summed E-state index contributed by atoms with van der Waals surface area (Å²) in [5, 5.41) is 25.8. The quantitative estimate of drug-likeness (QED) is 0.264. The van der Waals surface area contributed by atoms with Crippen molar-refractivity contribution in [3.05, 3.63) is 98.0 Å². The van der Waals surface area contributed by atoms with Crippen LogP contribution >= 0.6 is 34.8 Å². The van der Waals surface area contributed by atoms with E-state index in [1.807, 2.05) is 20.8 Å². The van der Waals surface area contributed by atoms with Crippen molar-refractivity contribution in [2.75, 3.05) is 5.32 Å². The van der Waals surface area contributed by atoms with E-state index in [0.29, 0.717) is 6.42 Å². The molecule has 0 saturated carbocycles. The highest BCUT2D eigenvalue weighted by Gasteiger charge is 2.61. The fourth-order valence-electron chi connectivity index (χ4n) is 5.54. The highest BCUT2D eigenvalue weighted by molar-refractivity contribution is 6.34. The molecular weight excluding hydrogens is 595 g/mol. The number of nitriles is 1. The fourth-order valence-corrected chi connectivity index (χ4v) is 6.15. The Kier molecular flexibility index (Phi) is 8.68. The summed E-state index contributed by atoms with van der Waals surface area (Å²) in [4.78, 5) is 25.3. The smallest absolute Gasteiger partial charge is 0.337 e. The minimum Gasteiger partial charge on any atom is -0.478 e. The first-order chi connectivity index (χ1) is 19.2. The largest absolute Gasteiger partial charge is 0.478 e. The first kappa shape index (κ1) is 30.7. The third-order valence-corrected chi connectivity index (χ3v) is 8.04. The summed E-state index contributed by atoms with van der Waals surface area (Å²) >= 11 is 18.3. The molecule has 3 aromatic carbocycles. The molecule has 1 fully saturated rings. The van der Waals surface area contributed by atoms with Crippen LogP contribution < -0.4 is 10.6 Å². The third kappa shape index (κ3) is 5.91. The Morgan fingerprint density at radius 2 is 1.78 bits per heavy atom. The van der Waals surface area contributed by atoms with E-state index in [1.165, 1.54) is 48.5 Å². The minimum atomic E-state index is -1.78. The lowest BCUT2D eigenvalue weighted by molar-refractivity contribution is -0.118. The molecule has 4 rings (SSSR count). The maximum absolute atomic E-state index is 15.7. The number of nitrogens with zero attached hydrogens (tertiary/aromatic N) is 1. The summed E-state index contributed by atoms with van der Waals surface area (Å²) < 4.78 is 31.4. The van der Waals surface area contributed by atoms with Crippen molar-refractivity contribution in [2.24, 2.45) is 5.41 Å². The van der Waals surface area contributed by atoms with E-state index in [0.717, 1.165) is 6.07 Å². The SMILES string of the molecule is CC(C)(C)C[C@@H]1N[C@@H](C(=O)Nc2ccc(C(=O)O)c(Cl)c2)C(c2cccc(Cl)c2F)[C@@]1(C#N)c1ccc(Cl)cc1F. The Hall–Kier alpha value is -3.22. The maximum atomic E-state index is 15.7. The second-order valence-corrected chi connectivity index (χ2v) is 12.4. The van der Waals surface area contributed by atoms with Crippen LogP contribution in [0.1, 0.15) is 54.6 Å². The molecule has 3 aromatic rings. The number of benzene rings is 3. The van der Waals surface area contributed by atoms with Gasteiger partial charge in [-0.1, -0.05) is 73.8 Å². The van der Waals surface area contributed by atoms with Crippen molar-refractivity contribution in [2.45, 2.75) is 50.6 Å². The number of anilines is 1. The van der Waals surface area contributed by atoms with Crippen molar-refractivity contribution < 1.29 is 23.5 Å². The Balaban J connectivity index is 1.93. The summed E-state index contributed by atoms with van der Waals surface area (Å²) in [5.41, 5.74) is -2.24. The predicted molar refractivity (Wildman–Crippen MR) is 155 cm³/mol. The zero-order valence-electron chi connectivity index (χ0n) is 22.2. The van der Waals surface area contributed by atoms with Gasteiger partial charge in [0.1, 0.15) is 17.0 Å². The third-order valence-electron chi connectivity index (χ3n) is 7.20. The minimum absolute atomic E-state index is 0.0420. The molecule has 0 spiro atoms. The van der Waals surface area contributed by atoms with E-state index in [4.69, 9.17) is 34.8 Å². The zero-order valence-corrected chi connectivity index (χ0v) is 24.5. The molecule has 0 aliphatic carbocycles. The molecule has 0 radical (unpaired) electrons. The van der Waals surface area contributed by atoms with Gasteiger partial charge < -0.3 is 15.7 Å². The van der Waals surface area contributed by atoms with Crippen LogP contribution in [0.15, 0.2) is 54.6 Å². The molecule has 11 heteroatoms. The average Bonchev–Trinajstić information content (AvgIpc) is 3.18. The van der Waals surface area contributed by atoms with E-state index < -0.39 is 52.3 Å². The molecule has 6 nitrogen and oxygen atoms in total. The van der Waals surface area contributed by atoms with E-state index in [9.17, 15) is 20.0 Å². The van der Waals surface area contributed by atoms with Gasteiger partial charge in [-0.05, 0) is 53.8 Å². The van der Waals surface area contributed by atoms with Crippen LogP contribution in [0, 0.1) is 28.4 Å². The van der Waals surface area contributed by atoms with Crippen LogP contribution in [0.3, 0.4) is 0 Å². The lowest BCUT2D eigenvalue weighted by Gasteiger charge is -2.37. The molecular formula is C30H26Cl3F2N3O3. The molecule has 1 saturated heterocycles. The second-order valence-electron chi connectivity index (χ2n) is 11.2. The lowest BCUT2D eigenvalue weighted by atomic mass is 9.62. The first-order valence-corrected chi connectivity index (χ1v) is 13.7. The summed E-state index contributed by atoms with van der Waals surface area (Å²) in [6, 6.07) is 12.3. The van der Waals surface area contributed by atoms with Gasteiger partial charge in [0.25, 0.3) is 0 Å². The molecule has 1 aliphatic heterocycles. The summed E-state index contributed by atoms with van der Waals surface area (Å²) in [5.74, 6) is -4.76. The van der Waals surface area contributed by atoms with Gasteiger partial charge in [-0.25, -0.2) is 13.6 Å². The average molecular weight is 621 g/mol. The number of hydrogen-bond donors (Lipinski definition) is 3. The van der Waals surface area contributed by atoms with E-state index in [-0.39, 0.29) is 37.4 Å². The number of aromatic carboxylic acids is 1. The van der Waals surface area contributed by atoms with Crippen molar-refractivity contribution in [1.29, 1.82) is 5.26 Å². The molecule has 3 N–H and O–H groups in total. The summed E-state index contributed by atoms with van der Waals surface area (Å²) in [6.45, 7) is 5.80. The maximum Gasteiger partial charge on any atom is 0.337 e. The summed E-state index contributed by atoms with van der Waals surface area (Å²) in [6.07, 6.45) is 0.310. The van der Waals surface area contributed by atoms with Crippen LogP contribution in [0.4, 0.5) is 14.5 Å². The van der Waals surface area contributed by atoms with E-state index in [1.54, 1.807) is 0 Å². The van der Waals surface area contributed by atoms with Crippen molar-refractivity contribution >= 4 is 52.4 Å². The number of carboxylic acid groups (broad SMARTS) is 1. The van der Waals surface area contributed by atoms with E-state index in [2.05, 4.69) is 16.7 Å². The molecule has 1 unspecified atom stereocenters. The molecule has 0 bridgehead atoms. The van der Waals surface area contributed by atoms with Gasteiger partial charge >= 0.3 is 5.97 Å². The number of rotatable bonds is 6. The van der Waals surface area contributed by atoms with Crippen LogP contribution in [0.25, 0.3) is 0 Å². The zero-order chi connectivity index (χ0) is 30.3. The highest BCUT2D eigenvalue weighted by atomic mass is 35.5. The van der Waals surface area contributed by atoms with Gasteiger partial charge in [0, 0.05) is 28.2 Å². The predicted octanol–water partition coefficient (Wildman–Crippen LogP) is 7.58. The van der Waals surface area contributed by atoms with E-state index >= 15 is 8.78 Å². The second kappa shape index (κ2) is 11.6. The Bertz CT molecular complexity index is 1570. The monoisotopic (exact) mass is 619 g/mol. The van der Waals surface area contributed by atoms with Gasteiger partial charge in [0.15, 0.2) is 0 Å². The number of carbonyl (C=O) groups is 2. The van der Waals surface area contributed by atoms with Crippen LogP contribution in [0.2, 0.25) is 15.1 Å². The Morgan fingerprint density at radius 1 is 1.07 bits per heavy atom. The normalized spacial score (nSPS) is 22.3. The highest BCUT2D eigenvalue weighted by Crippen LogP contribution is 2.53. The number of halogens is 5. The molecule has 0 aromatic heterocycles. The van der Waals surface area contributed by atoms with Gasteiger partial charge in [0.05, 0.1) is 27.7 Å². The lowest BCUT2D eigenvalue weighted by Crippen LogP contribution is -2.45. The van der Waals surface area contributed by atoms with Gasteiger partial charge in [-0.15, -0.1) is 0 Å². The van der Waals surface area contributed by atoms with Gasteiger partial charge in [-0.2, -0.15) is 5.26 Å².